The Morgan fingerprint density at radius 3 is 2.71 bits per heavy atom. The van der Waals surface area contributed by atoms with Crippen LogP contribution in [0.1, 0.15) is 30.0 Å². The number of pyridine rings is 1. The van der Waals surface area contributed by atoms with E-state index < -0.39 is 6.61 Å². The van der Waals surface area contributed by atoms with Crippen molar-refractivity contribution in [2.24, 2.45) is 0 Å². The highest BCUT2D eigenvalue weighted by Crippen LogP contribution is 2.37. The fourth-order valence-corrected chi connectivity index (χ4v) is 5.45. The second kappa shape index (κ2) is 9.63. The number of amides is 1. The lowest BCUT2D eigenvalue weighted by molar-refractivity contribution is -0.135. The quantitative estimate of drug-likeness (QED) is 0.462. The molecule has 0 saturated carbocycles. The van der Waals surface area contributed by atoms with Crippen molar-refractivity contribution in [3.63, 3.8) is 0 Å². The van der Waals surface area contributed by atoms with Crippen molar-refractivity contribution >= 4 is 23.2 Å². The van der Waals surface area contributed by atoms with Crippen molar-refractivity contribution < 1.29 is 9.90 Å². The molecule has 1 aliphatic rings. The van der Waals surface area contributed by atoms with Crippen LogP contribution in [0.5, 0.6) is 0 Å². The third-order valence-electron chi connectivity index (χ3n) is 6.12. The number of aromatic nitrogens is 4. The Balaban J connectivity index is 1.51. The molecule has 1 amide bonds. The summed E-state index contributed by atoms with van der Waals surface area (Å²) in [4.78, 5) is 15.2. The third-order valence-corrected chi connectivity index (χ3v) is 7.23. The molecule has 1 aromatic carbocycles. The van der Waals surface area contributed by atoms with Crippen LogP contribution in [0.15, 0.2) is 64.9 Å². The van der Waals surface area contributed by atoms with E-state index in [4.69, 9.17) is 0 Å². The number of piperidine rings is 1. The van der Waals surface area contributed by atoms with Crippen molar-refractivity contribution in [3.05, 3.63) is 66.2 Å². The number of likely N-dealkylation sites (tertiary alicyclic amines) is 1. The van der Waals surface area contributed by atoms with Crippen LogP contribution in [0.2, 0.25) is 0 Å². The molecule has 174 valence electrons. The molecule has 1 atom stereocenters. The van der Waals surface area contributed by atoms with Gasteiger partial charge in [-0.25, -0.2) is 4.52 Å². The highest BCUT2D eigenvalue weighted by Gasteiger charge is 2.25. The van der Waals surface area contributed by atoms with E-state index in [9.17, 15) is 20.4 Å². The Hall–Kier alpha value is -4.12. The first kappa shape index (κ1) is 22.7. The van der Waals surface area contributed by atoms with Crippen LogP contribution in [0.4, 0.5) is 0 Å². The van der Waals surface area contributed by atoms with Gasteiger partial charge < -0.3 is 10.0 Å². The van der Waals surface area contributed by atoms with Gasteiger partial charge in [-0.3, -0.25) is 9.48 Å². The van der Waals surface area contributed by atoms with Gasteiger partial charge >= 0.3 is 0 Å². The van der Waals surface area contributed by atoms with Crippen molar-refractivity contribution in [1.82, 2.24) is 24.3 Å². The second-order valence-corrected chi connectivity index (χ2v) is 9.35. The van der Waals surface area contributed by atoms with Gasteiger partial charge in [0.2, 0.25) is 5.91 Å². The third kappa shape index (κ3) is 4.37. The number of aliphatic hydroxyl groups is 1. The van der Waals surface area contributed by atoms with Crippen molar-refractivity contribution in [1.29, 1.82) is 10.5 Å². The first-order valence-corrected chi connectivity index (χ1v) is 11.9. The topological polar surface area (TPSA) is 123 Å². The van der Waals surface area contributed by atoms with Crippen LogP contribution >= 0.6 is 11.8 Å². The molecule has 4 aromatic rings. The van der Waals surface area contributed by atoms with Gasteiger partial charge in [0.1, 0.15) is 18.7 Å². The minimum Gasteiger partial charge on any atom is -0.387 e. The van der Waals surface area contributed by atoms with E-state index in [0.717, 1.165) is 33.8 Å². The fraction of sp³-hybridized carbons (Fsp3) is 0.240. The summed E-state index contributed by atoms with van der Waals surface area (Å²) in [5, 5.41) is 37.3. The Morgan fingerprint density at radius 1 is 1.09 bits per heavy atom. The molecule has 9 nitrogen and oxygen atoms in total. The predicted molar refractivity (Wildman–Crippen MR) is 128 cm³/mol. The van der Waals surface area contributed by atoms with Gasteiger partial charge in [0, 0.05) is 46.4 Å². The lowest BCUT2D eigenvalue weighted by Gasteiger charge is -2.32. The molecule has 4 heterocycles. The monoisotopic (exact) mass is 483 g/mol. The van der Waals surface area contributed by atoms with Gasteiger partial charge in [0.05, 0.1) is 35.1 Å². The molecule has 5 rings (SSSR count). The van der Waals surface area contributed by atoms with Crippen LogP contribution in [0, 0.1) is 22.7 Å². The lowest BCUT2D eigenvalue weighted by atomic mass is 10.1. The van der Waals surface area contributed by atoms with Crippen molar-refractivity contribution in [2.75, 3.05) is 19.7 Å². The average Bonchev–Trinajstić information content (AvgIpc) is 3.56. The molecule has 0 aliphatic carbocycles. The van der Waals surface area contributed by atoms with Crippen LogP contribution in [0.25, 0.3) is 16.6 Å². The molecule has 0 spiro atoms. The number of nitrogens with zero attached hydrogens (tertiary/aromatic N) is 7. The summed E-state index contributed by atoms with van der Waals surface area (Å²) >= 11 is 1.42. The Labute approximate surface area is 205 Å². The number of carbonyl (C=O) groups is 1. The van der Waals surface area contributed by atoms with E-state index in [2.05, 4.69) is 22.3 Å². The number of hydrogen-bond acceptors (Lipinski definition) is 7. The lowest BCUT2D eigenvalue weighted by Crippen LogP contribution is -2.42. The molecule has 1 N–H and O–H groups in total. The molecular formula is C25H21N7O2S. The van der Waals surface area contributed by atoms with Crippen LogP contribution < -0.4 is 0 Å². The van der Waals surface area contributed by atoms with Crippen molar-refractivity contribution in [2.45, 2.75) is 28.7 Å². The maximum atomic E-state index is 11.9. The maximum Gasteiger partial charge on any atom is 0.248 e. The van der Waals surface area contributed by atoms with E-state index in [1.807, 2.05) is 41.3 Å². The van der Waals surface area contributed by atoms with E-state index in [1.165, 1.54) is 18.0 Å². The SMILES string of the molecule is N#Cc1ccccc1Sc1cc(-c2cnn([C@@H]3CCCN(C(=O)CO)C3)c2)cn2ncc(C#N)c12. The maximum absolute atomic E-state index is 11.9. The first-order chi connectivity index (χ1) is 17.1. The van der Waals surface area contributed by atoms with Gasteiger partial charge in [-0.05, 0) is 31.0 Å². The molecule has 1 saturated heterocycles. The standard InChI is InChI=1S/C25H21N7O2S/c26-9-17-4-1-2-6-22(17)35-23-8-18(13-32-25(23)19(10-27)11-29-32)20-12-28-31(14-20)21-5-3-7-30(15-21)24(34)16-33/h1-2,4,6,8,11-14,21,33H,3,5,7,15-16H2/t21-/m1/s1. The zero-order valence-corrected chi connectivity index (χ0v) is 19.5. The number of nitriles is 2. The average molecular weight is 484 g/mol. The molecule has 1 aliphatic heterocycles. The summed E-state index contributed by atoms with van der Waals surface area (Å²) in [6.45, 7) is 0.670. The largest absolute Gasteiger partial charge is 0.387 e. The van der Waals surface area contributed by atoms with Crippen molar-refractivity contribution in [3.8, 4) is 23.3 Å². The minimum absolute atomic E-state index is 0.0305. The molecule has 0 unspecified atom stereocenters. The highest BCUT2D eigenvalue weighted by molar-refractivity contribution is 7.99. The second-order valence-electron chi connectivity index (χ2n) is 8.27. The number of hydrogen-bond donors (Lipinski definition) is 1. The number of benzene rings is 1. The normalized spacial score (nSPS) is 15.6. The Bertz CT molecular complexity index is 1490. The number of fused-ring (bicyclic) bond motifs is 1. The zero-order chi connectivity index (χ0) is 24.4. The molecule has 35 heavy (non-hydrogen) atoms. The first-order valence-electron chi connectivity index (χ1n) is 11.1. The zero-order valence-electron chi connectivity index (χ0n) is 18.7. The Kier molecular flexibility index (Phi) is 6.23. The summed E-state index contributed by atoms with van der Waals surface area (Å²) in [5.41, 5.74) is 3.45. The molecular weight excluding hydrogens is 462 g/mol. The number of aliphatic hydroxyl groups excluding tert-OH is 1. The van der Waals surface area contributed by atoms with Gasteiger partial charge in [0.15, 0.2) is 0 Å². The molecule has 0 bridgehead atoms. The van der Waals surface area contributed by atoms with Gasteiger partial charge in [-0.1, -0.05) is 23.9 Å². The molecule has 3 aromatic heterocycles. The van der Waals surface area contributed by atoms with E-state index in [0.29, 0.717) is 29.7 Å². The van der Waals surface area contributed by atoms with Crippen LogP contribution in [-0.4, -0.2) is 55.0 Å². The summed E-state index contributed by atoms with van der Waals surface area (Å²) in [7, 11) is 0. The van der Waals surface area contributed by atoms with Gasteiger partial charge in [-0.2, -0.15) is 20.7 Å². The van der Waals surface area contributed by atoms with E-state index >= 15 is 0 Å². The summed E-state index contributed by atoms with van der Waals surface area (Å²) in [5.74, 6) is -0.265. The number of carbonyl (C=O) groups excluding carboxylic acids is 1. The van der Waals surface area contributed by atoms with E-state index in [-0.39, 0.29) is 11.9 Å². The van der Waals surface area contributed by atoms with Gasteiger partial charge in [-0.15, -0.1) is 0 Å². The fourth-order valence-electron chi connectivity index (χ4n) is 4.35. The molecule has 1 fully saturated rings. The highest BCUT2D eigenvalue weighted by atomic mass is 32.2. The van der Waals surface area contributed by atoms with E-state index in [1.54, 1.807) is 21.7 Å². The smallest absolute Gasteiger partial charge is 0.248 e. The number of rotatable bonds is 5. The molecule has 10 heteroatoms. The van der Waals surface area contributed by atoms with Gasteiger partial charge in [0.25, 0.3) is 0 Å². The minimum atomic E-state index is -0.485. The summed E-state index contributed by atoms with van der Waals surface area (Å²) in [6.07, 6.45) is 8.87. The molecule has 0 radical (unpaired) electrons. The summed E-state index contributed by atoms with van der Waals surface area (Å²) < 4.78 is 3.56. The van der Waals surface area contributed by atoms with Crippen LogP contribution in [0.3, 0.4) is 0 Å². The summed E-state index contributed by atoms with van der Waals surface area (Å²) in [6, 6.07) is 13.8. The Morgan fingerprint density at radius 2 is 1.91 bits per heavy atom. The predicted octanol–water partition coefficient (Wildman–Crippen LogP) is 3.25. The van der Waals surface area contributed by atoms with Crippen LogP contribution in [-0.2, 0) is 4.79 Å².